The number of β-lactam (4-membered cyclic amide) rings is 1. The number of hydrogen-bond acceptors (Lipinski definition) is 4. The summed E-state index contributed by atoms with van der Waals surface area (Å²) in [7, 11) is 0. The topological polar surface area (TPSA) is 59.5 Å². The van der Waals surface area contributed by atoms with E-state index >= 15 is 0 Å². The van der Waals surface area contributed by atoms with E-state index in [2.05, 4.69) is 4.98 Å². The molecule has 1 aliphatic rings. The van der Waals surface area contributed by atoms with Gasteiger partial charge in [0.15, 0.2) is 0 Å². The van der Waals surface area contributed by atoms with Gasteiger partial charge in [-0.2, -0.15) is 0 Å². The number of likely N-dealkylation sites (tertiary alicyclic amines) is 1. The van der Waals surface area contributed by atoms with Crippen molar-refractivity contribution in [1.29, 1.82) is 0 Å². The second-order valence-electron chi connectivity index (χ2n) is 6.82. The number of pyridine rings is 1. The monoisotopic (exact) mass is 384 g/mol. The van der Waals surface area contributed by atoms with E-state index in [4.69, 9.17) is 4.74 Å². The number of ether oxygens (including phenoxy) is 1. The van der Waals surface area contributed by atoms with Gasteiger partial charge in [-0.15, -0.1) is 0 Å². The van der Waals surface area contributed by atoms with Crippen molar-refractivity contribution in [2.75, 3.05) is 0 Å². The van der Waals surface area contributed by atoms with Crippen molar-refractivity contribution in [3.8, 4) is 5.75 Å². The fourth-order valence-corrected chi connectivity index (χ4v) is 3.40. The van der Waals surface area contributed by atoms with Crippen molar-refractivity contribution in [2.24, 2.45) is 5.92 Å². The molecule has 5 nitrogen and oxygen atoms in total. The van der Waals surface area contributed by atoms with Crippen LogP contribution in [0.3, 0.4) is 0 Å². The van der Waals surface area contributed by atoms with E-state index in [-0.39, 0.29) is 17.9 Å². The molecule has 1 saturated heterocycles. The standard InChI is InChI=1S/C24H20N2O3/c27-23-21(16-18-8-3-1-4-9-18)22(14-13-19-10-7-15-25-17-19)26(23)24(28)29-20-11-5-2-6-12-20/h1-15,17,21-22H,16H2/b14-13+/t21-,22+/m1/s1. The molecule has 2 aromatic carbocycles. The molecule has 0 unspecified atom stereocenters. The Morgan fingerprint density at radius 3 is 2.41 bits per heavy atom. The molecule has 2 atom stereocenters. The molecule has 0 spiro atoms. The molecule has 29 heavy (non-hydrogen) atoms. The predicted molar refractivity (Wildman–Crippen MR) is 110 cm³/mol. The zero-order valence-electron chi connectivity index (χ0n) is 15.7. The van der Waals surface area contributed by atoms with Crippen LogP contribution in [-0.4, -0.2) is 27.9 Å². The molecule has 2 amide bonds. The van der Waals surface area contributed by atoms with E-state index in [1.165, 1.54) is 4.90 Å². The normalized spacial score (nSPS) is 18.5. The molecule has 1 fully saturated rings. The highest BCUT2D eigenvalue weighted by Gasteiger charge is 2.50. The first-order valence-electron chi connectivity index (χ1n) is 9.44. The third-order valence-electron chi connectivity index (χ3n) is 4.88. The molecule has 4 rings (SSSR count). The van der Waals surface area contributed by atoms with Crippen LogP contribution in [0, 0.1) is 5.92 Å². The van der Waals surface area contributed by atoms with Crippen molar-refractivity contribution >= 4 is 18.1 Å². The average molecular weight is 384 g/mol. The van der Waals surface area contributed by atoms with E-state index in [0.29, 0.717) is 12.2 Å². The molecular formula is C24H20N2O3. The number of carbonyl (C=O) groups excluding carboxylic acids is 2. The Hall–Kier alpha value is -3.73. The number of rotatable bonds is 5. The van der Waals surface area contributed by atoms with E-state index in [0.717, 1.165) is 11.1 Å². The first-order valence-corrected chi connectivity index (χ1v) is 9.44. The Bertz CT molecular complexity index is 1000. The molecule has 1 aromatic heterocycles. The van der Waals surface area contributed by atoms with E-state index in [1.54, 1.807) is 36.7 Å². The maximum atomic E-state index is 12.8. The summed E-state index contributed by atoms with van der Waals surface area (Å²) in [6.07, 6.45) is 7.09. The van der Waals surface area contributed by atoms with Crippen molar-refractivity contribution in [3.63, 3.8) is 0 Å². The number of carbonyl (C=O) groups is 2. The highest BCUT2D eigenvalue weighted by atomic mass is 16.6. The minimum absolute atomic E-state index is 0.226. The summed E-state index contributed by atoms with van der Waals surface area (Å²) < 4.78 is 5.39. The number of para-hydroxylation sites is 1. The summed E-state index contributed by atoms with van der Waals surface area (Å²) in [4.78, 5) is 30.7. The number of benzene rings is 2. The Morgan fingerprint density at radius 2 is 1.72 bits per heavy atom. The molecule has 0 bridgehead atoms. The lowest BCUT2D eigenvalue weighted by atomic mass is 9.82. The Balaban J connectivity index is 1.55. The summed E-state index contributed by atoms with van der Waals surface area (Å²) in [5.41, 5.74) is 1.96. The fraction of sp³-hybridized carbons (Fsp3) is 0.125. The van der Waals surface area contributed by atoms with Crippen LogP contribution in [0.4, 0.5) is 4.79 Å². The van der Waals surface area contributed by atoms with Crippen LogP contribution in [0.25, 0.3) is 6.08 Å². The smallest absolute Gasteiger partial charge is 0.410 e. The van der Waals surface area contributed by atoms with Gasteiger partial charge < -0.3 is 4.74 Å². The number of hydrogen-bond donors (Lipinski definition) is 0. The third-order valence-corrected chi connectivity index (χ3v) is 4.88. The van der Waals surface area contributed by atoms with Crippen LogP contribution in [0.15, 0.2) is 91.3 Å². The van der Waals surface area contributed by atoms with Gasteiger partial charge in [0.2, 0.25) is 5.91 Å². The van der Waals surface area contributed by atoms with Crippen LogP contribution < -0.4 is 4.74 Å². The van der Waals surface area contributed by atoms with E-state index in [1.807, 2.05) is 60.7 Å². The number of aromatic nitrogens is 1. The lowest BCUT2D eigenvalue weighted by Crippen LogP contribution is -2.63. The molecule has 0 saturated carbocycles. The van der Waals surface area contributed by atoms with Gasteiger partial charge in [-0.05, 0) is 35.7 Å². The first-order chi connectivity index (χ1) is 14.2. The minimum atomic E-state index is -0.661. The molecular weight excluding hydrogens is 364 g/mol. The maximum absolute atomic E-state index is 12.8. The minimum Gasteiger partial charge on any atom is -0.410 e. The van der Waals surface area contributed by atoms with Crippen LogP contribution in [0.5, 0.6) is 5.75 Å². The second kappa shape index (κ2) is 8.52. The first kappa shape index (κ1) is 18.6. The quantitative estimate of drug-likeness (QED) is 0.613. The van der Waals surface area contributed by atoms with Gasteiger partial charge in [0, 0.05) is 12.4 Å². The zero-order valence-corrected chi connectivity index (χ0v) is 15.7. The van der Waals surface area contributed by atoms with Crippen molar-refractivity contribution < 1.29 is 14.3 Å². The molecule has 2 heterocycles. The highest BCUT2D eigenvalue weighted by molar-refractivity contribution is 6.01. The van der Waals surface area contributed by atoms with Crippen LogP contribution in [0.2, 0.25) is 0 Å². The molecule has 144 valence electrons. The fourth-order valence-electron chi connectivity index (χ4n) is 3.40. The average Bonchev–Trinajstić information content (AvgIpc) is 2.76. The van der Waals surface area contributed by atoms with Crippen LogP contribution >= 0.6 is 0 Å². The molecule has 3 aromatic rings. The molecule has 0 N–H and O–H groups in total. The number of amides is 2. The summed E-state index contributed by atoms with van der Waals surface area (Å²) in [5.74, 6) is -0.129. The highest BCUT2D eigenvalue weighted by Crippen LogP contribution is 2.32. The Morgan fingerprint density at radius 1 is 1.00 bits per heavy atom. The van der Waals surface area contributed by atoms with Gasteiger partial charge in [-0.1, -0.05) is 66.7 Å². The predicted octanol–water partition coefficient (Wildman–Crippen LogP) is 4.36. The largest absolute Gasteiger partial charge is 0.422 e. The van der Waals surface area contributed by atoms with Gasteiger partial charge in [0.05, 0.1) is 12.0 Å². The third kappa shape index (κ3) is 4.24. The van der Waals surface area contributed by atoms with Crippen molar-refractivity contribution in [1.82, 2.24) is 9.88 Å². The molecule has 0 aliphatic carbocycles. The molecule has 0 radical (unpaired) electrons. The zero-order chi connectivity index (χ0) is 20.1. The Labute approximate surface area is 169 Å². The van der Waals surface area contributed by atoms with E-state index in [9.17, 15) is 9.59 Å². The SMILES string of the molecule is O=C(Oc1ccccc1)N1C(=O)[C@H](Cc2ccccc2)[C@@H]1/C=C/c1cccnc1. The molecule has 1 aliphatic heterocycles. The number of nitrogens with zero attached hydrogens (tertiary/aromatic N) is 2. The maximum Gasteiger partial charge on any atom is 0.422 e. The number of imide groups is 1. The van der Waals surface area contributed by atoms with Gasteiger partial charge in [0.25, 0.3) is 0 Å². The lowest BCUT2D eigenvalue weighted by molar-refractivity contribution is -0.148. The van der Waals surface area contributed by atoms with E-state index < -0.39 is 6.09 Å². The second-order valence-corrected chi connectivity index (χ2v) is 6.82. The van der Waals surface area contributed by atoms with Gasteiger partial charge >= 0.3 is 6.09 Å². The van der Waals surface area contributed by atoms with Crippen molar-refractivity contribution in [2.45, 2.75) is 12.5 Å². The molecule has 5 heteroatoms. The summed E-state index contributed by atoms with van der Waals surface area (Å²) in [5, 5.41) is 0. The van der Waals surface area contributed by atoms with Gasteiger partial charge in [0.1, 0.15) is 5.75 Å². The van der Waals surface area contributed by atoms with Gasteiger partial charge in [-0.3, -0.25) is 9.78 Å². The van der Waals surface area contributed by atoms with Crippen molar-refractivity contribution in [3.05, 3.63) is 102 Å². The Kier molecular flexibility index (Phi) is 5.47. The summed E-state index contributed by atoms with van der Waals surface area (Å²) >= 11 is 0. The summed E-state index contributed by atoms with van der Waals surface area (Å²) in [6.45, 7) is 0. The lowest BCUT2D eigenvalue weighted by Gasteiger charge is -2.43. The van der Waals surface area contributed by atoms with Gasteiger partial charge in [-0.25, -0.2) is 9.69 Å². The summed E-state index contributed by atoms with van der Waals surface area (Å²) in [6, 6.07) is 21.9. The van der Waals surface area contributed by atoms with Crippen LogP contribution in [0.1, 0.15) is 11.1 Å². The van der Waals surface area contributed by atoms with Crippen LogP contribution in [-0.2, 0) is 11.2 Å².